The smallest absolute Gasteiger partial charge is 0.343 e. The topological polar surface area (TPSA) is 83.1 Å². The second-order valence-corrected chi connectivity index (χ2v) is 31.5. The zero-order valence-electron chi connectivity index (χ0n) is 63.5. The number of hydrogen-bond donors (Lipinski definition) is 1. The summed E-state index contributed by atoms with van der Waals surface area (Å²) in [6.07, 6.45) is 27.7. The number of anilines is 1. The number of rotatable bonds is 24. The second kappa shape index (κ2) is 31.2. The third kappa shape index (κ3) is 14.4. The third-order valence-electron chi connectivity index (χ3n) is 24.2. The Labute approximate surface area is 628 Å². The minimum absolute atomic E-state index is 0.191. The molecule has 4 aliphatic rings. The lowest BCUT2D eigenvalue weighted by atomic mass is 9.76. The van der Waals surface area contributed by atoms with Gasteiger partial charge in [0.05, 0.1) is 19.3 Å². The van der Waals surface area contributed by atoms with Gasteiger partial charge in [-0.05, 0) is 257 Å². The number of amides is 1. The van der Waals surface area contributed by atoms with Crippen molar-refractivity contribution >= 4 is 45.2 Å². The van der Waals surface area contributed by atoms with Gasteiger partial charge in [-0.1, -0.05) is 238 Å². The number of esters is 1. The normalized spacial score (nSPS) is 18.5. The molecule has 1 aliphatic heterocycles. The summed E-state index contributed by atoms with van der Waals surface area (Å²) >= 11 is 0. The number of carbonyl (C=O) groups excluding carboxylic acids is 2. The molecule has 540 valence electrons. The first-order chi connectivity index (χ1) is 51.7. The van der Waals surface area contributed by atoms with Crippen LogP contribution >= 0.6 is 0 Å². The number of aryl methyl sites for hydroxylation is 2. The van der Waals surface area contributed by atoms with Gasteiger partial charge in [-0.25, -0.2) is 4.79 Å². The minimum Gasteiger partial charge on any atom is -0.497 e. The van der Waals surface area contributed by atoms with Crippen molar-refractivity contribution in [1.29, 1.82) is 0 Å². The molecule has 0 saturated heterocycles. The van der Waals surface area contributed by atoms with E-state index in [9.17, 15) is 4.79 Å². The van der Waals surface area contributed by atoms with E-state index in [1.165, 1.54) is 136 Å². The highest BCUT2D eigenvalue weighted by Crippen LogP contribution is 2.61. The monoisotopic (exact) mass is 1400 g/mol. The quantitative estimate of drug-likeness (QED) is 0.0281. The molecule has 1 unspecified atom stereocenters. The van der Waals surface area contributed by atoms with Gasteiger partial charge in [0.15, 0.2) is 5.60 Å². The molecule has 3 aliphatic carbocycles. The van der Waals surface area contributed by atoms with Gasteiger partial charge in [-0.2, -0.15) is 0 Å². The number of hydrogen-bond acceptors (Lipinski definition) is 6. The van der Waals surface area contributed by atoms with Crippen LogP contribution in [0.2, 0.25) is 0 Å². The highest BCUT2D eigenvalue weighted by molar-refractivity contribution is 6.24. The van der Waals surface area contributed by atoms with E-state index in [1.807, 2.05) is 66.7 Å². The standard InChI is InChI=1S/C99H103NO6/c1-9-12-15-18-66-23-27-68(28-24-66)70-31-35-72(36-32-70)74-39-43-76(44-40-74)96(101)100-80-51-57-83(65(5)62-80)87-63-88-92-84-56-22-64(4)61-89(84)98(6,7)94(92)86-58-59-99(78-47-52-81(103-8)53-48-78,79-49-54-82(55-50-79)104-60-14-11-3)106-95(86)93(88)85-20-17-21-90(91(85)87)105-97(102)77-45-41-75(42-46-77)73-37-33-71(34-38-73)69-29-25-67(26-30-69)19-16-13-10-2/h17,20-22,31-59,61-63,66-69H,9-16,18-19,23-30,60H2,1-8H3,(H,100,101). The largest absolute Gasteiger partial charge is 0.497 e. The van der Waals surface area contributed by atoms with E-state index in [2.05, 4.69) is 205 Å². The van der Waals surface area contributed by atoms with Crippen molar-refractivity contribution in [2.75, 3.05) is 19.0 Å². The van der Waals surface area contributed by atoms with Crippen LogP contribution in [0, 0.1) is 25.7 Å². The maximum atomic E-state index is 15.1. The molecule has 0 aromatic heterocycles. The highest BCUT2D eigenvalue weighted by Gasteiger charge is 2.45. The van der Waals surface area contributed by atoms with Crippen LogP contribution in [0.1, 0.15) is 233 Å². The Balaban J connectivity index is 0.804. The van der Waals surface area contributed by atoms with E-state index in [-0.39, 0.29) is 5.91 Å². The Kier molecular flexibility index (Phi) is 21.1. The number of nitrogens with one attached hydrogen (secondary N) is 1. The van der Waals surface area contributed by atoms with E-state index in [4.69, 9.17) is 18.9 Å². The first-order valence-corrected chi connectivity index (χ1v) is 39.7. The summed E-state index contributed by atoms with van der Waals surface area (Å²) in [4.78, 5) is 29.5. The molecule has 7 nitrogen and oxygen atoms in total. The van der Waals surface area contributed by atoms with Gasteiger partial charge < -0.3 is 24.3 Å². The van der Waals surface area contributed by atoms with Crippen LogP contribution in [0.15, 0.2) is 212 Å². The molecule has 2 saturated carbocycles. The fourth-order valence-electron chi connectivity index (χ4n) is 18.1. The van der Waals surface area contributed by atoms with E-state index in [0.29, 0.717) is 41.0 Å². The Morgan fingerprint density at radius 3 is 1.62 bits per heavy atom. The van der Waals surface area contributed by atoms with E-state index in [0.717, 1.165) is 125 Å². The summed E-state index contributed by atoms with van der Waals surface area (Å²) in [5, 5.41) is 6.78. The Morgan fingerprint density at radius 1 is 0.519 bits per heavy atom. The Bertz CT molecular complexity index is 5010. The number of fused-ring (bicyclic) bond motifs is 10. The molecule has 1 amide bonds. The van der Waals surface area contributed by atoms with Crippen LogP contribution in [0.25, 0.3) is 72.1 Å². The second-order valence-electron chi connectivity index (χ2n) is 31.5. The van der Waals surface area contributed by atoms with Gasteiger partial charge in [0.25, 0.3) is 5.91 Å². The summed E-state index contributed by atoms with van der Waals surface area (Å²) in [5.74, 6) is 5.02. The molecule has 0 spiro atoms. The summed E-state index contributed by atoms with van der Waals surface area (Å²) in [6.45, 7) is 16.3. The van der Waals surface area contributed by atoms with Crippen LogP contribution in [0.3, 0.4) is 0 Å². The lowest BCUT2D eigenvalue weighted by molar-refractivity contribution is 0.0737. The van der Waals surface area contributed by atoms with Crippen LogP contribution in [0.5, 0.6) is 23.0 Å². The number of methoxy groups -OCH3 is 1. The van der Waals surface area contributed by atoms with Gasteiger partial charge in [0.2, 0.25) is 0 Å². The fraction of sp³-hybridized carbons (Fsp3) is 0.333. The van der Waals surface area contributed by atoms with E-state index >= 15 is 4.79 Å². The van der Waals surface area contributed by atoms with Crippen LogP contribution < -0.4 is 24.3 Å². The predicted octanol–water partition coefficient (Wildman–Crippen LogP) is 26.6. The molecule has 2 fully saturated rings. The highest BCUT2D eigenvalue weighted by atomic mass is 16.5. The van der Waals surface area contributed by atoms with Crippen LogP contribution in [0.4, 0.5) is 5.69 Å². The van der Waals surface area contributed by atoms with Gasteiger partial charge in [-0.15, -0.1) is 0 Å². The number of carbonyl (C=O) groups is 2. The van der Waals surface area contributed by atoms with Gasteiger partial charge >= 0.3 is 5.97 Å². The minimum atomic E-state index is -1.12. The zero-order chi connectivity index (χ0) is 73.1. The van der Waals surface area contributed by atoms with Gasteiger partial charge in [-0.3, -0.25) is 4.79 Å². The van der Waals surface area contributed by atoms with Crippen molar-refractivity contribution in [3.8, 4) is 67.5 Å². The molecule has 106 heavy (non-hydrogen) atoms. The van der Waals surface area contributed by atoms with Crippen molar-refractivity contribution in [2.45, 2.75) is 187 Å². The molecule has 1 heterocycles. The van der Waals surface area contributed by atoms with Crippen LogP contribution in [-0.2, 0) is 11.0 Å². The first-order valence-electron chi connectivity index (χ1n) is 39.7. The number of unbranched alkanes of at least 4 members (excludes halogenated alkanes) is 5. The molecule has 11 aromatic carbocycles. The third-order valence-corrected chi connectivity index (χ3v) is 24.2. The maximum Gasteiger partial charge on any atom is 0.343 e. The summed E-state index contributed by atoms with van der Waals surface area (Å²) < 4.78 is 26.9. The molecule has 0 radical (unpaired) electrons. The summed E-state index contributed by atoms with van der Waals surface area (Å²) in [7, 11) is 1.69. The predicted molar refractivity (Wildman–Crippen MR) is 439 cm³/mol. The number of benzene rings is 11. The molecule has 7 heteroatoms. The molecule has 15 rings (SSSR count). The lowest BCUT2D eigenvalue weighted by Gasteiger charge is -2.39. The molecular weight excluding hydrogens is 1300 g/mol. The zero-order valence-corrected chi connectivity index (χ0v) is 63.5. The summed E-state index contributed by atoms with van der Waals surface area (Å²) in [5.41, 5.74) is 18.9. The van der Waals surface area contributed by atoms with Gasteiger partial charge in [0.1, 0.15) is 23.0 Å². The van der Waals surface area contributed by atoms with E-state index < -0.39 is 17.0 Å². The average Bonchev–Trinajstić information content (AvgIpc) is 1.42. The average molecular weight is 1400 g/mol. The molecule has 1 atom stereocenters. The Hall–Kier alpha value is -9.98. The SMILES string of the molecule is CCCCCC1CCC(c2ccc(-c3ccc(C(=O)Nc4ccc(-c5cc6c7c(c8c(c6c6cccc(OC(=O)c9ccc(-c%10ccc(C%11CCC(CCCCC)CC%11)cc%10)cc9)c56)OC(c5ccc(OC)cc5)(c5ccc(OCCCC)cc5)C=C8)C(C)(C)c5cc(C)ccc5-7)c(C)c4)cc3)cc2)CC1. The van der Waals surface area contributed by atoms with Crippen molar-refractivity contribution < 1.29 is 28.5 Å². The van der Waals surface area contributed by atoms with Gasteiger partial charge in [0, 0.05) is 44.1 Å². The molecule has 11 aromatic rings. The van der Waals surface area contributed by atoms with Crippen LogP contribution in [-0.4, -0.2) is 25.6 Å². The molecule has 0 bridgehead atoms. The molecular formula is C99H103NO6. The lowest BCUT2D eigenvalue weighted by Crippen LogP contribution is -2.35. The Morgan fingerprint density at radius 2 is 1.07 bits per heavy atom. The van der Waals surface area contributed by atoms with E-state index in [1.54, 1.807) is 7.11 Å². The van der Waals surface area contributed by atoms with Crippen molar-refractivity contribution in [1.82, 2.24) is 0 Å². The summed E-state index contributed by atoms with van der Waals surface area (Å²) in [6, 6.07) is 72.0. The van der Waals surface area contributed by atoms with Crippen molar-refractivity contribution in [3.05, 3.63) is 274 Å². The fourth-order valence-corrected chi connectivity index (χ4v) is 18.1. The van der Waals surface area contributed by atoms with Crippen molar-refractivity contribution in [3.63, 3.8) is 0 Å². The molecule has 1 N–H and O–H groups in total. The van der Waals surface area contributed by atoms with Crippen molar-refractivity contribution in [2.24, 2.45) is 11.8 Å². The number of ether oxygens (including phenoxy) is 4. The first kappa shape index (κ1) is 71.6. The maximum absolute atomic E-state index is 15.1.